The Kier molecular flexibility index (Phi) is 3.95. The molecule has 0 spiro atoms. The lowest BCUT2D eigenvalue weighted by molar-refractivity contribution is 0.169. The molecule has 0 saturated heterocycles. The van der Waals surface area contributed by atoms with E-state index in [0.717, 1.165) is 5.75 Å². The van der Waals surface area contributed by atoms with Crippen molar-refractivity contribution in [2.24, 2.45) is 0 Å². The maximum Gasteiger partial charge on any atom is 0.145 e. The normalized spacial score (nSPS) is 12.2. The van der Waals surface area contributed by atoms with E-state index in [9.17, 15) is 5.11 Å². The first-order valence-corrected chi connectivity index (χ1v) is 6.07. The summed E-state index contributed by atoms with van der Waals surface area (Å²) in [6.45, 7) is 3.95. The van der Waals surface area contributed by atoms with Crippen LogP contribution < -0.4 is 4.74 Å². The van der Waals surface area contributed by atoms with Gasteiger partial charge in [-0.3, -0.25) is 4.98 Å². The van der Waals surface area contributed by atoms with Gasteiger partial charge in [0, 0.05) is 0 Å². The van der Waals surface area contributed by atoms with Gasteiger partial charge in [0.15, 0.2) is 0 Å². The fraction of sp³-hybridized carbons (Fsp3) is 0.267. The maximum absolute atomic E-state index is 9.64. The van der Waals surface area contributed by atoms with Crippen molar-refractivity contribution in [3.63, 3.8) is 0 Å². The molecule has 1 aromatic carbocycles. The second-order valence-electron chi connectivity index (χ2n) is 4.26. The van der Waals surface area contributed by atoms with E-state index in [2.05, 4.69) is 4.98 Å². The number of aliphatic hydroxyl groups is 1. The van der Waals surface area contributed by atoms with Crippen LogP contribution in [0.25, 0.3) is 0 Å². The Bertz CT molecular complexity index is 491. The summed E-state index contributed by atoms with van der Waals surface area (Å²) in [7, 11) is 0. The number of aryl methyl sites for hydroxylation is 1. The molecule has 3 heteroatoms. The number of aromatic nitrogens is 1. The molecule has 0 radical (unpaired) electrons. The molecule has 0 unspecified atom stereocenters. The van der Waals surface area contributed by atoms with Crippen molar-refractivity contribution >= 4 is 0 Å². The number of aliphatic hydroxyl groups excluding tert-OH is 1. The SMILES string of the molecule is CC[C@H](O)c1ccc(Oc2ccc(C)cc2)cn1. The predicted octanol–water partition coefficient (Wildman–Crippen LogP) is 3.63. The molecule has 1 heterocycles. The lowest BCUT2D eigenvalue weighted by Gasteiger charge is -2.09. The number of benzene rings is 1. The summed E-state index contributed by atoms with van der Waals surface area (Å²) in [6.07, 6.45) is 1.79. The van der Waals surface area contributed by atoms with E-state index in [1.54, 1.807) is 12.3 Å². The molecule has 1 N–H and O–H groups in total. The second-order valence-corrected chi connectivity index (χ2v) is 4.26. The highest BCUT2D eigenvalue weighted by Crippen LogP contribution is 2.22. The van der Waals surface area contributed by atoms with Crippen LogP contribution in [0.15, 0.2) is 42.6 Å². The smallest absolute Gasteiger partial charge is 0.145 e. The highest BCUT2D eigenvalue weighted by molar-refractivity contribution is 5.32. The van der Waals surface area contributed by atoms with Crippen LogP contribution in [-0.4, -0.2) is 10.1 Å². The molecule has 18 heavy (non-hydrogen) atoms. The van der Waals surface area contributed by atoms with Crippen LogP contribution in [0.4, 0.5) is 0 Å². The number of nitrogens with zero attached hydrogens (tertiary/aromatic N) is 1. The van der Waals surface area contributed by atoms with E-state index in [4.69, 9.17) is 4.74 Å². The molecule has 0 aliphatic heterocycles. The van der Waals surface area contributed by atoms with Crippen molar-refractivity contribution in [2.75, 3.05) is 0 Å². The van der Waals surface area contributed by atoms with Gasteiger partial charge in [0.25, 0.3) is 0 Å². The lowest BCUT2D eigenvalue weighted by Crippen LogP contribution is -1.98. The van der Waals surface area contributed by atoms with E-state index in [1.807, 2.05) is 44.2 Å². The largest absolute Gasteiger partial charge is 0.456 e. The van der Waals surface area contributed by atoms with Gasteiger partial charge in [-0.15, -0.1) is 0 Å². The minimum Gasteiger partial charge on any atom is -0.456 e. The van der Waals surface area contributed by atoms with E-state index < -0.39 is 6.10 Å². The van der Waals surface area contributed by atoms with Gasteiger partial charge >= 0.3 is 0 Å². The monoisotopic (exact) mass is 243 g/mol. The van der Waals surface area contributed by atoms with Gasteiger partial charge in [0.05, 0.1) is 18.0 Å². The van der Waals surface area contributed by atoms with Crippen LogP contribution in [-0.2, 0) is 0 Å². The Morgan fingerprint density at radius 1 is 1.11 bits per heavy atom. The summed E-state index contributed by atoms with van der Waals surface area (Å²) in [5.41, 5.74) is 1.87. The number of hydrogen-bond donors (Lipinski definition) is 1. The molecule has 94 valence electrons. The molecule has 0 aliphatic carbocycles. The zero-order valence-electron chi connectivity index (χ0n) is 10.6. The van der Waals surface area contributed by atoms with Crippen LogP contribution in [0.1, 0.15) is 30.7 Å². The van der Waals surface area contributed by atoms with Crippen LogP contribution in [0.3, 0.4) is 0 Å². The molecule has 3 nitrogen and oxygen atoms in total. The van der Waals surface area contributed by atoms with Crippen molar-refractivity contribution in [3.8, 4) is 11.5 Å². The fourth-order valence-electron chi connectivity index (χ4n) is 1.60. The summed E-state index contributed by atoms with van der Waals surface area (Å²) in [5.74, 6) is 1.46. The van der Waals surface area contributed by atoms with Crippen molar-refractivity contribution in [1.82, 2.24) is 4.98 Å². The molecule has 0 amide bonds. The summed E-state index contributed by atoms with van der Waals surface area (Å²) in [5, 5.41) is 9.64. The van der Waals surface area contributed by atoms with Crippen molar-refractivity contribution in [1.29, 1.82) is 0 Å². The summed E-state index contributed by atoms with van der Waals surface area (Å²) >= 11 is 0. The van der Waals surface area contributed by atoms with E-state index in [0.29, 0.717) is 17.9 Å². The van der Waals surface area contributed by atoms with Gasteiger partial charge in [-0.05, 0) is 37.6 Å². The Hall–Kier alpha value is -1.87. The third-order valence-electron chi connectivity index (χ3n) is 2.74. The van der Waals surface area contributed by atoms with Crippen LogP contribution in [0.5, 0.6) is 11.5 Å². The molecule has 1 atom stereocenters. The molecule has 2 rings (SSSR count). The van der Waals surface area contributed by atoms with Gasteiger partial charge in [0.2, 0.25) is 0 Å². The molecule has 0 saturated carbocycles. The van der Waals surface area contributed by atoms with E-state index >= 15 is 0 Å². The standard InChI is InChI=1S/C15H17NO2/c1-3-15(17)14-9-8-13(10-16-14)18-12-6-4-11(2)5-7-12/h4-10,15,17H,3H2,1-2H3/t15-/m0/s1. The molecule has 0 fully saturated rings. The quantitative estimate of drug-likeness (QED) is 0.891. The zero-order chi connectivity index (χ0) is 13.0. The summed E-state index contributed by atoms with van der Waals surface area (Å²) < 4.78 is 5.66. The van der Waals surface area contributed by atoms with Crippen molar-refractivity contribution < 1.29 is 9.84 Å². The van der Waals surface area contributed by atoms with Gasteiger partial charge in [-0.25, -0.2) is 0 Å². The predicted molar refractivity (Wildman–Crippen MR) is 70.7 cm³/mol. The first kappa shape index (κ1) is 12.6. The highest BCUT2D eigenvalue weighted by atomic mass is 16.5. The van der Waals surface area contributed by atoms with Crippen LogP contribution >= 0.6 is 0 Å². The molecular weight excluding hydrogens is 226 g/mol. The minimum atomic E-state index is -0.501. The highest BCUT2D eigenvalue weighted by Gasteiger charge is 2.06. The molecular formula is C15H17NO2. The average molecular weight is 243 g/mol. The zero-order valence-corrected chi connectivity index (χ0v) is 10.6. The molecule has 2 aromatic rings. The molecule has 0 aliphatic rings. The van der Waals surface area contributed by atoms with Gasteiger partial charge in [-0.1, -0.05) is 24.6 Å². The number of ether oxygens (including phenoxy) is 1. The lowest BCUT2D eigenvalue weighted by atomic mass is 10.2. The number of hydrogen-bond acceptors (Lipinski definition) is 3. The topological polar surface area (TPSA) is 42.4 Å². The Labute approximate surface area is 107 Å². The summed E-state index contributed by atoms with van der Waals surface area (Å²) in [4.78, 5) is 4.19. The van der Waals surface area contributed by atoms with Crippen molar-refractivity contribution in [3.05, 3.63) is 53.9 Å². The maximum atomic E-state index is 9.64. The van der Waals surface area contributed by atoms with Gasteiger partial charge < -0.3 is 9.84 Å². The third-order valence-corrected chi connectivity index (χ3v) is 2.74. The minimum absolute atomic E-state index is 0.501. The van der Waals surface area contributed by atoms with Gasteiger partial charge in [-0.2, -0.15) is 0 Å². The van der Waals surface area contributed by atoms with Gasteiger partial charge in [0.1, 0.15) is 11.5 Å². The van der Waals surface area contributed by atoms with E-state index in [1.165, 1.54) is 5.56 Å². The fourth-order valence-corrected chi connectivity index (χ4v) is 1.60. The third kappa shape index (κ3) is 3.08. The van der Waals surface area contributed by atoms with Crippen LogP contribution in [0.2, 0.25) is 0 Å². The first-order chi connectivity index (χ1) is 8.69. The Balaban J connectivity index is 2.08. The molecule has 1 aromatic heterocycles. The molecule has 0 bridgehead atoms. The van der Waals surface area contributed by atoms with E-state index in [-0.39, 0.29) is 0 Å². The number of rotatable bonds is 4. The van der Waals surface area contributed by atoms with Crippen molar-refractivity contribution in [2.45, 2.75) is 26.4 Å². The summed E-state index contributed by atoms with van der Waals surface area (Å²) in [6, 6.07) is 11.4. The first-order valence-electron chi connectivity index (χ1n) is 6.07. The van der Waals surface area contributed by atoms with Crippen LogP contribution in [0, 0.1) is 6.92 Å². The Morgan fingerprint density at radius 3 is 2.33 bits per heavy atom. The Morgan fingerprint density at radius 2 is 1.78 bits per heavy atom. The second kappa shape index (κ2) is 5.65. The number of pyridine rings is 1. The average Bonchev–Trinajstić information content (AvgIpc) is 2.41.